The molecule has 2 heterocycles. The Balaban J connectivity index is 1.12. The van der Waals surface area contributed by atoms with Crippen LogP contribution in [0.5, 0.6) is 0 Å². The van der Waals surface area contributed by atoms with Gasteiger partial charge < -0.3 is 15.1 Å². The zero-order chi connectivity index (χ0) is 25.9. The summed E-state index contributed by atoms with van der Waals surface area (Å²) in [5.41, 5.74) is 1.17. The van der Waals surface area contributed by atoms with Crippen molar-refractivity contribution in [3.63, 3.8) is 0 Å². The van der Waals surface area contributed by atoms with Gasteiger partial charge in [0.1, 0.15) is 5.52 Å². The maximum atomic E-state index is 12.7. The fourth-order valence-electron chi connectivity index (χ4n) is 9.66. The molecule has 2 aromatic heterocycles. The highest BCUT2D eigenvalue weighted by atomic mass is 16.7. The molecule has 2 aromatic rings. The van der Waals surface area contributed by atoms with Crippen LogP contribution in [-0.4, -0.2) is 48.5 Å². The molecule has 0 saturated heterocycles. The van der Waals surface area contributed by atoms with Gasteiger partial charge in [-0.05, 0) is 126 Å². The van der Waals surface area contributed by atoms with E-state index >= 15 is 0 Å². The number of aliphatic hydroxyl groups excluding tert-OH is 2. The Morgan fingerprint density at radius 1 is 1.16 bits per heavy atom. The average molecular weight is 511 g/mol. The van der Waals surface area contributed by atoms with Gasteiger partial charge in [0, 0.05) is 12.6 Å². The summed E-state index contributed by atoms with van der Waals surface area (Å²) in [5.74, 6) is 2.73. The number of pyridine rings is 1. The minimum atomic E-state index is -0.334. The number of carbonyl (C=O) groups excluding carboxylic acids is 1. The molecule has 0 spiro atoms. The van der Waals surface area contributed by atoms with Gasteiger partial charge in [-0.25, -0.2) is 9.78 Å². The first kappa shape index (κ1) is 25.2. The standard InChI is InChI=1S/C29H42N4O4/c1-17(6-11-26(36)37-33-27-24(31-32-33)5-4-14-30-27)21-9-10-22-20-8-7-18-15-19(34)12-13-28(18,2)23(20)16-25(35)29(21,22)3/h4-5,14,17-23,25,34-35H,6-13,15-16H2,1-3H3/t17-,18-,19-,20+,21?,22+,23+,25+,28+,29-/m1/s1. The zero-order valence-corrected chi connectivity index (χ0v) is 22.4. The van der Waals surface area contributed by atoms with Crippen molar-refractivity contribution in [3.05, 3.63) is 18.3 Å². The maximum Gasteiger partial charge on any atom is 0.335 e. The molecule has 2 N–H and O–H groups in total. The van der Waals surface area contributed by atoms with Gasteiger partial charge in [-0.3, -0.25) is 0 Å². The molecule has 6 rings (SSSR count). The second-order valence-corrected chi connectivity index (χ2v) is 13.2. The van der Waals surface area contributed by atoms with Crippen LogP contribution in [0.1, 0.15) is 85.0 Å². The topological polar surface area (TPSA) is 110 Å². The van der Waals surface area contributed by atoms with E-state index in [4.69, 9.17) is 4.84 Å². The first-order valence-electron chi connectivity index (χ1n) is 14.5. The smallest absolute Gasteiger partial charge is 0.335 e. The Kier molecular flexibility index (Phi) is 6.34. The van der Waals surface area contributed by atoms with E-state index in [0.29, 0.717) is 53.1 Å². The van der Waals surface area contributed by atoms with Gasteiger partial charge in [0.25, 0.3) is 0 Å². The van der Waals surface area contributed by atoms with Gasteiger partial charge in [-0.15, -0.1) is 5.10 Å². The Morgan fingerprint density at radius 2 is 2.00 bits per heavy atom. The van der Waals surface area contributed by atoms with Gasteiger partial charge in [-0.1, -0.05) is 20.8 Å². The summed E-state index contributed by atoms with van der Waals surface area (Å²) < 4.78 is 0. The van der Waals surface area contributed by atoms with E-state index in [1.165, 1.54) is 19.3 Å². The van der Waals surface area contributed by atoms with Crippen LogP contribution in [0.4, 0.5) is 0 Å². The van der Waals surface area contributed by atoms with Crippen LogP contribution in [0.15, 0.2) is 18.3 Å². The molecule has 4 aliphatic rings. The maximum absolute atomic E-state index is 12.7. The summed E-state index contributed by atoms with van der Waals surface area (Å²) in [4.78, 5) is 23.4. The number of carbonyl (C=O) groups is 1. The average Bonchev–Trinajstić information content (AvgIpc) is 3.45. The second kappa shape index (κ2) is 9.30. The van der Waals surface area contributed by atoms with Crippen LogP contribution in [0.3, 0.4) is 0 Å². The first-order chi connectivity index (χ1) is 17.7. The van der Waals surface area contributed by atoms with Gasteiger partial charge in [-0.2, -0.15) is 0 Å². The monoisotopic (exact) mass is 510 g/mol. The van der Waals surface area contributed by atoms with Crippen LogP contribution in [-0.2, 0) is 4.79 Å². The summed E-state index contributed by atoms with van der Waals surface area (Å²) in [6.45, 7) is 7.05. The Labute approximate surface area is 219 Å². The third-order valence-corrected chi connectivity index (χ3v) is 11.7. The number of hydrogen-bond acceptors (Lipinski definition) is 7. The number of fused-ring (bicyclic) bond motifs is 6. The normalized spacial score (nSPS) is 42.0. The lowest BCUT2D eigenvalue weighted by atomic mass is 9.43. The van der Waals surface area contributed by atoms with Crippen LogP contribution in [0.25, 0.3) is 11.2 Å². The van der Waals surface area contributed by atoms with Crippen molar-refractivity contribution >= 4 is 17.1 Å². The molecule has 8 nitrogen and oxygen atoms in total. The number of rotatable bonds is 5. The fourth-order valence-corrected chi connectivity index (χ4v) is 9.66. The van der Waals surface area contributed by atoms with Crippen molar-refractivity contribution < 1.29 is 19.8 Å². The fraction of sp³-hybridized carbons (Fsp3) is 0.793. The van der Waals surface area contributed by atoms with Crippen LogP contribution in [0.2, 0.25) is 0 Å². The molecule has 0 amide bonds. The van der Waals surface area contributed by atoms with Crippen molar-refractivity contribution in [2.24, 2.45) is 46.3 Å². The van der Waals surface area contributed by atoms with E-state index in [-0.39, 0.29) is 29.0 Å². The highest BCUT2D eigenvalue weighted by Gasteiger charge is 2.63. The molecular weight excluding hydrogens is 468 g/mol. The van der Waals surface area contributed by atoms with Gasteiger partial charge in [0.05, 0.1) is 12.2 Å². The number of aliphatic hydroxyl groups is 2. The lowest BCUT2D eigenvalue weighted by Crippen LogP contribution is -2.58. The molecule has 10 atom stereocenters. The Morgan fingerprint density at radius 3 is 2.84 bits per heavy atom. The third-order valence-electron chi connectivity index (χ3n) is 11.7. The molecule has 202 valence electrons. The quantitative estimate of drug-likeness (QED) is 0.580. The minimum absolute atomic E-state index is 0.103. The molecular formula is C29H42N4O4. The Hall–Kier alpha value is -2.06. The van der Waals surface area contributed by atoms with E-state index in [9.17, 15) is 15.0 Å². The zero-order valence-electron chi connectivity index (χ0n) is 22.4. The summed E-state index contributed by atoms with van der Waals surface area (Å²) in [7, 11) is 0. The molecule has 1 unspecified atom stereocenters. The highest BCUT2D eigenvalue weighted by molar-refractivity contribution is 5.72. The van der Waals surface area contributed by atoms with Crippen LogP contribution < -0.4 is 4.84 Å². The van der Waals surface area contributed by atoms with Gasteiger partial charge in [0.15, 0.2) is 0 Å². The minimum Gasteiger partial charge on any atom is -0.393 e. The molecule has 4 fully saturated rings. The predicted molar refractivity (Wildman–Crippen MR) is 138 cm³/mol. The molecule has 8 heteroatoms. The SMILES string of the molecule is C[C@H](CCC(=O)On1nnc2cccnc21)C1CC[C@H]2[C@@H]3CC[C@@H]4C[C@H](O)CC[C@]4(C)[C@H]3C[C@H](O)[C@]12C. The summed E-state index contributed by atoms with van der Waals surface area (Å²) in [6, 6.07) is 3.55. The second-order valence-electron chi connectivity index (χ2n) is 13.2. The first-order valence-corrected chi connectivity index (χ1v) is 14.5. The van der Waals surface area contributed by atoms with Crippen LogP contribution >= 0.6 is 0 Å². The van der Waals surface area contributed by atoms with E-state index in [0.717, 1.165) is 43.4 Å². The summed E-state index contributed by atoms with van der Waals surface area (Å²) in [6.07, 6.45) is 10.8. The number of hydrogen-bond donors (Lipinski definition) is 2. The molecule has 0 bridgehead atoms. The lowest BCUT2D eigenvalue weighted by Gasteiger charge is -2.62. The van der Waals surface area contributed by atoms with Crippen LogP contribution in [0, 0.1) is 46.3 Å². The predicted octanol–water partition coefficient (Wildman–Crippen LogP) is 4.19. The Bertz CT molecular complexity index is 1150. The van der Waals surface area contributed by atoms with E-state index < -0.39 is 0 Å². The molecule has 4 saturated carbocycles. The summed E-state index contributed by atoms with van der Waals surface area (Å²) in [5, 5.41) is 29.9. The van der Waals surface area contributed by atoms with Crippen molar-refractivity contribution in [1.29, 1.82) is 0 Å². The van der Waals surface area contributed by atoms with E-state index in [1.807, 2.05) is 0 Å². The number of nitrogens with zero attached hydrogens (tertiary/aromatic N) is 4. The van der Waals surface area contributed by atoms with Crippen molar-refractivity contribution in [2.45, 2.75) is 97.2 Å². The molecule has 0 aliphatic heterocycles. The van der Waals surface area contributed by atoms with Gasteiger partial charge >= 0.3 is 5.97 Å². The van der Waals surface area contributed by atoms with Crippen molar-refractivity contribution in [2.75, 3.05) is 0 Å². The van der Waals surface area contributed by atoms with E-state index in [2.05, 4.69) is 36.1 Å². The summed E-state index contributed by atoms with van der Waals surface area (Å²) >= 11 is 0. The largest absolute Gasteiger partial charge is 0.393 e. The highest BCUT2D eigenvalue weighted by Crippen LogP contribution is 2.68. The van der Waals surface area contributed by atoms with Gasteiger partial charge in [0.2, 0.25) is 5.65 Å². The molecule has 0 radical (unpaired) electrons. The lowest BCUT2D eigenvalue weighted by molar-refractivity contribution is -0.175. The molecule has 4 aliphatic carbocycles. The number of aromatic nitrogens is 4. The third kappa shape index (κ3) is 4.01. The van der Waals surface area contributed by atoms with Crippen molar-refractivity contribution in [1.82, 2.24) is 20.1 Å². The molecule has 0 aromatic carbocycles. The van der Waals surface area contributed by atoms with E-state index in [1.54, 1.807) is 18.3 Å². The van der Waals surface area contributed by atoms with Crippen molar-refractivity contribution in [3.8, 4) is 0 Å². The molecule has 37 heavy (non-hydrogen) atoms.